The van der Waals surface area contributed by atoms with Crippen LogP contribution in [0.2, 0.25) is 0 Å². The smallest absolute Gasteiger partial charge is 0.298 e. The van der Waals surface area contributed by atoms with Crippen molar-refractivity contribution < 1.29 is 14.3 Å². The molecule has 0 unspecified atom stereocenters. The van der Waals surface area contributed by atoms with Crippen molar-refractivity contribution in [3.8, 4) is 11.8 Å². The van der Waals surface area contributed by atoms with Gasteiger partial charge in [0.2, 0.25) is 0 Å². The van der Waals surface area contributed by atoms with Gasteiger partial charge in [0.25, 0.3) is 11.1 Å². The number of nitriles is 1. The fraction of sp³-hybridized carbons (Fsp3) is 0.0417. The van der Waals surface area contributed by atoms with Crippen LogP contribution in [-0.4, -0.2) is 11.1 Å². The Morgan fingerprint density at radius 3 is 2.43 bits per heavy atom. The number of thioether (sulfide) groups is 1. The third-order valence-corrected chi connectivity index (χ3v) is 5.40. The molecule has 0 saturated carbocycles. The van der Waals surface area contributed by atoms with E-state index in [1.165, 1.54) is 4.90 Å². The minimum atomic E-state index is -0.360. The van der Waals surface area contributed by atoms with Crippen LogP contribution in [0.4, 0.5) is 10.5 Å². The Bertz CT molecular complexity index is 1180. The van der Waals surface area contributed by atoms with Crippen molar-refractivity contribution in [2.75, 3.05) is 4.90 Å². The lowest BCUT2D eigenvalue weighted by molar-refractivity contribution is -0.113. The topological polar surface area (TPSA) is 70.4 Å². The third kappa shape index (κ3) is 3.97. The van der Waals surface area contributed by atoms with E-state index < -0.39 is 0 Å². The number of benzene rings is 3. The molecule has 0 N–H and O–H groups in total. The van der Waals surface area contributed by atoms with Gasteiger partial charge in [-0.15, -0.1) is 0 Å². The van der Waals surface area contributed by atoms with E-state index >= 15 is 0 Å². The zero-order valence-electron chi connectivity index (χ0n) is 15.8. The number of carbonyl (C=O) groups is 2. The maximum atomic E-state index is 12.8. The predicted octanol–water partition coefficient (Wildman–Crippen LogP) is 5.38. The van der Waals surface area contributed by atoms with Crippen LogP contribution in [0.25, 0.3) is 6.08 Å². The molecule has 3 aromatic carbocycles. The Labute approximate surface area is 178 Å². The molecule has 0 aliphatic carbocycles. The molecule has 0 spiro atoms. The molecule has 30 heavy (non-hydrogen) atoms. The summed E-state index contributed by atoms with van der Waals surface area (Å²) in [6.45, 7) is 0.222. The maximum absolute atomic E-state index is 12.8. The van der Waals surface area contributed by atoms with Gasteiger partial charge in [-0.1, -0.05) is 54.6 Å². The van der Waals surface area contributed by atoms with Gasteiger partial charge < -0.3 is 4.74 Å². The van der Waals surface area contributed by atoms with Gasteiger partial charge in [0.05, 0.1) is 22.2 Å². The molecule has 2 amide bonds. The van der Waals surface area contributed by atoms with Crippen molar-refractivity contribution in [3.63, 3.8) is 0 Å². The molecule has 5 nitrogen and oxygen atoms in total. The highest BCUT2D eigenvalue weighted by Crippen LogP contribution is 2.36. The Balaban J connectivity index is 1.58. The van der Waals surface area contributed by atoms with Gasteiger partial charge in [0, 0.05) is 11.1 Å². The van der Waals surface area contributed by atoms with Gasteiger partial charge >= 0.3 is 0 Å². The summed E-state index contributed by atoms with van der Waals surface area (Å²) >= 11 is 0.901. The number of anilines is 1. The third-order valence-electron chi connectivity index (χ3n) is 4.53. The van der Waals surface area contributed by atoms with Crippen LogP contribution in [0, 0.1) is 11.3 Å². The zero-order valence-corrected chi connectivity index (χ0v) is 16.6. The van der Waals surface area contributed by atoms with Crippen LogP contribution >= 0.6 is 11.8 Å². The van der Waals surface area contributed by atoms with Crippen molar-refractivity contribution in [2.24, 2.45) is 0 Å². The van der Waals surface area contributed by atoms with E-state index in [1.807, 2.05) is 36.4 Å². The van der Waals surface area contributed by atoms with E-state index in [9.17, 15) is 14.9 Å². The molecule has 1 heterocycles. The highest BCUT2D eigenvalue weighted by atomic mass is 32.2. The molecule has 1 aliphatic rings. The van der Waals surface area contributed by atoms with Gasteiger partial charge in [-0.2, -0.15) is 5.26 Å². The number of carbonyl (C=O) groups excluding carboxylic acids is 2. The van der Waals surface area contributed by atoms with Crippen LogP contribution < -0.4 is 9.64 Å². The Hall–Kier alpha value is -3.82. The number of hydrogen-bond donors (Lipinski definition) is 0. The second-order valence-electron chi connectivity index (χ2n) is 6.45. The van der Waals surface area contributed by atoms with E-state index in [1.54, 1.807) is 48.5 Å². The molecule has 6 heteroatoms. The predicted molar refractivity (Wildman–Crippen MR) is 117 cm³/mol. The minimum absolute atomic E-state index is 0.222. The van der Waals surface area contributed by atoms with E-state index in [0.717, 1.165) is 17.3 Å². The van der Waals surface area contributed by atoms with Gasteiger partial charge in [-0.25, -0.2) is 4.90 Å². The number of nitrogens with zero attached hydrogens (tertiary/aromatic N) is 2. The first-order valence-corrected chi connectivity index (χ1v) is 10.0. The highest BCUT2D eigenvalue weighted by molar-refractivity contribution is 8.19. The Morgan fingerprint density at radius 1 is 0.933 bits per heavy atom. The number of imide groups is 1. The Morgan fingerprint density at radius 2 is 1.63 bits per heavy atom. The maximum Gasteiger partial charge on any atom is 0.298 e. The van der Waals surface area contributed by atoms with Crippen LogP contribution in [-0.2, 0) is 11.4 Å². The quantitative estimate of drug-likeness (QED) is 0.526. The summed E-state index contributed by atoms with van der Waals surface area (Å²) in [6.07, 6.45) is 1.67. The van der Waals surface area contributed by atoms with E-state index in [4.69, 9.17) is 4.74 Å². The second-order valence-corrected chi connectivity index (χ2v) is 7.44. The number of hydrogen-bond acceptors (Lipinski definition) is 5. The van der Waals surface area contributed by atoms with Crippen molar-refractivity contribution in [3.05, 3.63) is 100 Å². The normalized spacial score (nSPS) is 14.8. The molecule has 1 aliphatic heterocycles. The minimum Gasteiger partial charge on any atom is -0.488 e. The average Bonchev–Trinajstić information content (AvgIpc) is 3.06. The lowest BCUT2D eigenvalue weighted by Gasteiger charge is -2.12. The number of ether oxygens (including phenoxy) is 1. The SMILES string of the molecule is N#Cc1ccccc1COc1ccccc1/C=C1\SC(=O)N(c2ccccc2)C1=O. The average molecular weight is 412 g/mol. The largest absolute Gasteiger partial charge is 0.488 e. The molecule has 1 saturated heterocycles. The first-order chi connectivity index (χ1) is 14.7. The molecule has 0 aromatic heterocycles. The molecular formula is C24H16N2O3S. The summed E-state index contributed by atoms with van der Waals surface area (Å²) in [7, 11) is 0. The van der Waals surface area contributed by atoms with Crippen molar-refractivity contribution in [1.82, 2.24) is 0 Å². The molecule has 0 radical (unpaired) electrons. The summed E-state index contributed by atoms with van der Waals surface area (Å²) < 4.78 is 5.93. The van der Waals surface area contributed by atoms with E-state index in [0.29, 0.717) is 27.5 Å². The number of rotatable bonds is 5. The monoisotopic (exact) mass is 412 g/mol. The number of para-hydroxylation sites is 2. The molecule has 0 atom stereocenters. The second kappa shape index (κ2) is 8.68. The highest BCUT2D eigenvalue weighted by Gasteiger charge is 2.36. The number of amides is 2. The summed E-state index contributed by atoms with van der Waals surface area (Å²) in [5, 5.41) is 8.91. The standard InChI is InChI=1S/C24H16N2O3S/c25-15-18-9-4-5-10-19(18)16-29-21-13-7-6-8-17(21)14-22-23(27)26(24(28)30-22)20-11-2-1-3-12-20/h1-14H,16H2/b22-14-. The van der Waals surface area contributed by atoms with Crippen LogP contribution in [0.15, 0.2) is 83.8 Å². The van der Waals surface area contributed by atoms with Crippen LogP contribution in [0.3, 0.4) is 0 Å². The fourth-order valence-electron chi connectivity index (χ4n) is 3.05. The molecule has 4 rings (SSSR count). The summed E-state index contributed by atoms with van der Waals surface area (Å²) in [6, 6.07) is 25.5. The molecule has 1 fully saturated rings. The Kier molecular flexibility index (Phi) is 5.64. The molecule has 146 valence electrons. The van der Waals surface area contributed by atoms with Crippen molar-refractivity contribution >= 4 is 34.7 Å². The summed E-state index contributed by atoms with van der Waals surface area (Å²) in [4.78, 5) is 26.8. The first-order valence-electron chi connectivity index (χ1n) is 9.20. The van der Waals surface area contributed by atoms with E-state index in [-0.39, 0.29) is 17.8 Å². The lowest BCUT2D eigenvalue weighted by Crippen LogP contribution is -2.27. The first kappa shape index (κ1) is 19.5. The van der Waals surface area contributed by atoms with Gasteiger partial charge in [-0.3, -0.25) is 9.59 Å². The molecule has 3 aromatic rings. The van der Waals surface area contributed by atoms with Crippen LogP contribution in [0.1, 0.15) is 16.7 Å². The van der Waals surface area contributed by atoms with Crippen LogP contribution in [0.5, 0.6) is 5.75 Å². The zero-order chi connectivity index (χ0) is 20.9. The van der Waals surface area contributed by atoms with Gasteiger partial charge in [0.1, 0.15) is 12.4 Å². The van der Waals surface area contributed by atoms with Crippen molar-refractivity contribution in [2.45, 2.75) is 6.61 Å². The molecule has 0 bridgehead atoms. The summed E-state index contributed by atoms with van der Waals surface area (Å²) in [5.74, 6) is 0.206. The lowest BCUT2D eigenvalue weighted by atomic mass is 10.1. The van der Waals surface area contributed by atoms with Crippen molar-refractivity contribution in [1.29, 1.82) is 5.26 Å². The van der Waals surface area contributed by atoms with Gasteiger partial charge in [-0.05, 0) is 42.1 Å². The molecular weight excluding hydrogens is 396 g/mol. The van der Waals surface area contributed by atoms with Gasteiger partial charge in [0.15, 0.2) is 0 Å². The fourth-order valence-corrected chi connectivity index (χ4v) is 3.88. The van der Waals surface area contributed by atoms with E-state index in [2.05, 4.69) is 6.07 Å². The summed E-state index contributed by atoms with van der Waals surface area (Å²) in [5.41, 5.74) is 2.56.